The average molecular weight is 168 g/mol. The molecule has 0 aromatic carbocycles. The number of hydrogen-bond acceptors (Lipinski definition) is 3. The quantitative estimate of drug-likeness (QED) is 0.685. The van der Waals surface area contributed by atoms with Crippen LogP contribution in [0.4, 0.5) is 0 Å². The molecular weight excluding hydrogens is 152 g/mol. The van der Waals surface area contributed by atoms with Gasteiger partial charge in [-0.3, -0.25) is 0 Å². The van der Waals surface area contributed by atoms with Crippen molar-refractivity contribution in [2.24, 2.45) is 0 Å². The maximum Gasteiger partial charge on any atom is 0.141 e. The first kappa shape index (κ1) is 9.50. The molecule has 1 heterocycles. The van der Waals surface area contributed by atoms with E-state index in [1.807, 2.05) is 0 Å². The van der Waals surface area contributed by atoms with Crippen LogP contribution in [0.3, 0.4) is 0 Å². The van der Waals surface area contributed by atoms with Crippen molar-refractivity contribution in [3.05, 3.63) is 0 Å². The minimum atomic E-state index is -0.270. The number of nitriles is 1. The summed E-state index contributed by atoms with van der Waals surface area (Å²) < 4.78 is 5.31. The Kier molecular flexibility index (Phi) is 4.06. The normalized spacial score (nSPS) is 26.2. The summed E-state index contributed by atoms with van der Waals surface area (Å²) in [6.07, 6.45) is 3.46. The number of ether oxygens (including phenoxy) is 1. The van der Waals surface area contributed by atoms with Crippen LogP contribution in [0.5, 0.6) is 0 Å². The zero-order valence-corrected chi connectivity index (χ0v) is 7.55. The number of nitrogens with one attached hydrogen (secondary N) is 1. The minimum Gasteiger partial charge on any atom is -0.362 e. The first-order valence-corrected chi connectivity index (χ1v) is 4.57. The summed E-state index contributed by atoms with van der Waals surface area (Å²) in [5.74, 6) is 0. The van der Waals surface area contributed by atoms with Crippen molar-refractivity contribution in [2.75, 3.05) is 13.2 Å². The van der Waals surface area contributed by atoms with Gasteiger partial charge in [-0.15, -0.1) is 0 Å². The summed E-state index contributed by atoms with van der Waals surface area (Å²) in [7, 11) is 0. The van der Waals surface area contributed by atoms with Crippen LogP contribution in [0.2, 0.25) is 0 Å². The number of rotatable bonds is 3. The van der Waals surface area contributed by atoms with Crippen LogP contribution in [0, 0.1) is 11.3 Å². The Morgan fingerprint density at radius 1 is 1.67 bits per heavy atom. The second-order valence-corrected chi connectivity index (χ2v) is 3.25. The standard InChI is InChI=1S/C9H16N2O/c1-8(6-10)12-7-9-4-2-3-5-11-9/h8-9,11H,2-5,7H2,1H3. The predicted molar refractivity (Wildman–Crippen MR) is 46.7 cm³/mol. The average Bonchev–Trinajstić information content (AvgIpc) is 2.16. The Bertz CT molecular complexity index is 158. The molecule has 1 saturated heterocycles. The minimum absolute atomic E-state index is 0.270. The predicted octanol–water partition coefficient (Wildman–Crippen LogP) is 1.06. The van der Waals surface area contributed by atoms with E-state index in [0.29, 0.717) is 12.6 Å². The molecule has 0 radical (unpaired) electrons. The second kappa shape index (κ2) is 5.13. The van der Waals surface area contributed by atoms with Crippen LogP contribution < -0.4 is 5.32 Å². The maximum absolute atomic E-state index is 8.47. The molecule has 2 atom stereocenters. The van der Waals surface area contributed by atoms with E-state index >= 15 is 0 Å². The molecule has 1 N–H and O–H groups in total. The molecule has 68 valence electrons. The summed E-state index contributed by atoms with van der Waals surface area (Å²) >= 11 is 0. The molecule has 0 aromatic rings. The third kappa shape index (κ3) is 3.21. The summed E-state index contributed by atoms with van der Waals surface area (Å²) in [5, 5.41) is 11.8. The van der Waals surface area contributed by atoms with Crippen LogP contribution in [-0.4, -0.2) is 25.3 Å². The van der Waals surface area contributed by atoms with Crippen molar-refractivity contribution in [1.29, 1.82) is 5.26 Å². The van der Waals surface area contributed by atoms with E-state index in [9.17, 15) is 0 Å². The molecule has 3 nitrogen and oxygen atoms in total. The summed E-state index contributed by atoms with van der Waals surface area (Å²) in [6, 6.07) is 2.52. The van der Waals surface area contributed by atoms with E-state index in [-0.39, 0.29) is 6.10 Å². The van der Waals surface area contributed by atoms with Gasteiger partial charge in [0.2, 0.25) is 0 Å². The SMILES string of the molecule is CC(C#N)OCC1CCCCN1. The van der Waals surface area contributed by atoms with Gasteiger partial charge in [0.15, 0.2) is 0 Å². The summed E-state index contributed by atoms with van der Waals surface area (Å²) in [5.41, 5.74) is 0. The van der Waals surface area contributed by atoms with Gasteiger partial charge in [0.1, 0.15) is 6.10 Å². The number of hydrogen-bond donors (Lipinski definition) is 1. The van der Waals surface area contributed by atoms with E-state index in [4.69, 9.17) is 10.00 Å². The molecule has 1 aliphatic heterocycles. The first-order chi connectivity index (χ1) is 5.83. The summed E-state index contributed by atoms with van der Waals surface area (Å²) in [4.78, 5) is 0. The maximum atomic E-state index is 8.47. The monoisotopic (exact) mass is 168 g/mol. The molecule has 1 rings (SSSR count). The third-order valence-corrected chi connectivity index (χ3v) is 2.14. The molecule has 0 amide bonds. The van der Waals surface area contributed by atoms with E-state index in [0.717, 1.165) is 6.54 Å². The van der Waals surface area contributed by atoms with Crippen molar-refractivity contribution in [3.63, 3.8) is 0 Å². The molecule has 3 heteroatoms. The van der Waals surface area contributed by atoms with Gasteiger partial charge in [-0.25, -0.2) is 0 Å². The smallest absolute Gasteiger partial charge is 0.141 e. The van der Waals surface area contributed by atoms with E-state index in [1.165, 1.54) is 19.3 Å². The van der Waals surface area contributed by atoms with Crippen LogP contribution in [-0.2, 0) is 4.74 Å². The summed E-state index contributed by atoms with van der Waals surface area (Å²) in [6.45, 7) is 3.55. The number of nitrogens with zero attached hydrogens (tertiary/aromatic N) is 1. The molecule has 1 fully saturated rings. The fraction of sp³-hybridized carbons (Fsp3) is 0.889. The lowest BCUT2D eigenvalue weighted by molar-refractivity contribution is 0.0758. The molecule has 12 heavy (non-hydrogen) atoms. The zero-order chi connectivity index (χ0) is 8.81. The van der Waals surface area contributed by atoms with Crippen LogP contribution >= 0.6 is 0 Å². The highest BCUT2D eigenvalue weighted by atomic mass is 16.5. The van der Waals surface area contributed by atoms with Gasteiger partial charge in [0.05, 0.1) is 12.7 Å². The Hall–Kier alpha value is -0.590. The van der Waals surface area contributed by atoms with Gasteiger partial charge in [0, 0.05) is 6.04 Å². The van der Waals surface area contributed by atoms with Crippen molar-refractivity contribution in [3.8, 4) is 6.07 Å². The van der Waals surface area contributed by atoms with Crippen molar-refractivity contribution in [2.45, 2.75) is 38.3 Å². The topological polar surface area (TPSA) is 45.0 Å². The van der Waals surface area contributed by atoms with Crippen molar-refractivity contribution in [1.82, 2.24) is 5.32 Å². The molecule has 0 saturated carbocycles. The Morgan fingerprint density at radius 2 is 2.50 bits per heavy atom. The van der Waals surface area contributed by atoms with Crippen LogP contribution in [0.25, 0.3) is 0 Å². The lowest BCUT2D eigenvalue weighted by atomic mass is 10.1. The van der Waals surface area contributed by atoms with E-state index in [2.05, 4.69) is 11.4 Å². The van der Waals surface area contributed by atoms with E-state index < -0.39 is 0 Å². The Labute approximate surface area is 73.7 Å². The molecule has 1 aliphatic rings. The highest BCUT2D eigenvalue weighted by Gasteiger charge is 2.13. The Morgan fingerprint density at radius 3 is 3.08 bits per heavy atom. The second-order valence-electron chi connectivity index (χ2n) is 3.25. The Balaban J connectivity index is 2.10. The lowest BCUT2D eigenvalue weighted by Crippen LogP contribution is -2.38. The highest BCUT2D eigenvalue weighted by molar-refractivity contribution is 4.80. The van der Waals surface area contributed by atoms with Crippen molar-refractivity contribution >= 4 is 0 Å². The largest absolute Gasteiger partial charge is 0.362 e. The molecular formula is C9H16N2O. The zero-order valence-electron chi connectivity index (χ0n) is 7.55. The number of piperidine rings is 1. The van der Waals surface area contributed by atoms with Gasteiger partial charge < -0.3 is 10.1 Å². The van der Waals surface area contributed by atoms with Crippen LogP contribution in [0.1, 0.15) is 26.2 Å². The van der Waals surface area contributed by atoms with Gasteiger partial charge in [-0.2, -0.15) is 5.26 Å². The van der Waals surface area contributed by atoms with E-state index in [1.54, 1.807) is 6.92 Å². The first-order valence-electron chi connectivity index (χ1n) is 4.57. The third-order valence-electron chi connectivity index (χ3n) is 2.14. The van der Waals surface area contributed by atoms with Gasteiger partial charge in [-0.1, -0.05) is 6.42 Å². The van der Waals surface area contributed by atoms with Gasteiger partial charge in [-0.05, 0) is 26.3 Å². The molecule has 2 unspecified atom stereocenters. The van der Waals surface area contributed by atoms with Gasteiger partial charge >= 0.3 is 0 Å². The lowest BCUT2D eigenvalue weighted by Gasteiger charge is -2.23. The molecule has 0 aliphatic carbocycles. The molecule has 0 bridgehead atoms. The highest BCUT2D eigenvalue weighted by Crippen LogP contribution is 2.07. The van der Waals surface area contributed by atoms with Crippen molar-refractivity contribution < 1.29 is 4.74 Å². The fourth-order valence-corrected chi connectivity index (χ4v) is 1.36. The molecule has 0 aromatic heterocycles. The fourth-order valence-electron chi connectivity index (χ4n) is 1.36. The van der Waals surface area contributed by atoms with Crippen LogP contribution in [0.15, 0.2) is 0 Å². The van der Waals surface area contributed by atoms with Gasteiger partial charge in [0.25, 0.3) is 0 Å². The molecule has 0 spiro atoms.